The Labute approximate surface area is 214 Å². The largest absolute Gasteiger partial charge is 0.480 e. The van der Waals surface area contributed by atoms with E-state index in [9.17, 15) is 24.0 Å². The molecule has 11 nitrogen and oxygen atoms in total. The lowest BCUT2D eigenvalue weighted by Crippen LogP contribution is -2.54. The van der Waals surface area contributed by atoms with Gasteiger partial charge >= 0.3 is 12.1 Å². The fourth-order valence-electron chi connectivity index (χ4n) is 3.96. The van der Waals surface area contributed by atoms with Gasteiger partial charge in [0.05, 0.1) is 0 Å². The molecule has 37 heavy (non-hydrogen) atoms. The molecule has 0 heterocycles. The van der Waals surface area contributed by atoms with Gasteiger partial charge in [-0.05, 0) is 43.0 Å². The molecule has 0 fully saturated rings. The van der Waals surface area contributed by atoms with Crippen LogP contribution in [-0.2, 0) is 23.9 Å². The van der Waals surface area contributed by atoms with Gasteiger partial charge in [0.1, 0.15) is 31.3 Å². The van der Waals surface area contributed by atoms with Crippen LogP contribution in [0.5, 0.6) is 0 Å². The predicted octanol–water partition coefficient (Wildman–Crippen LogP) is 1.12. The Morgan fingerprint density at radius 2 is 1.27 bits per heavy atom. The van der Waals surface area contributed by atoms with E-state index in [-0.39, 0.29) is 12.5 Å². The number of alkyl carbamates (subject to hydrolysis) is 1. The number of amides is 4. The second-order valence-electron chi connectivity index (χ2n) is 8.77. The van der Waals surface area contributed by atoms with E-state index in [1.54, 1.807) is 0 Å². The second-order valence-corrected chi connectivity index (χ2v) is 8.77. The summed E-state index contributed by atoms with van der Waals surface area (Å²) in [7, 11) is 0. The molecule has 0 unspecified atom stereocenters. The first-order chi connectivity index (χ1) is 17.6. The van der Waals surface area contributed by atoms with Crippen molar-refractivity contribution in [1.29, 1.82) is 0 Å². The Morgan fingerprint density at radius 1 is 0.784 bits per heavy atom. The molecule has 0 bridgehead atoms. The third kappa shape index (κ3) is 6.84. The average molecular weight is 511 g/mol. The summed E-state index contributed by atoms with van der Waals surface area (Å²) in [5.41, 5.74) is 4.33. The Balaban J connectivity index is 1.42. The van der Waals surface area contributed by atoms with Gasteiger partial charge in [0.2, 0.25) is 17.7 Å². The van der Waals surface area contributed by atoms with Crippen LogP contribution in [0.1, 0.15) is 37.8 Å². The van der Waals surface area contributed by atoms with Gasteiger partial charge in [0.25, 0.3) is 0 Å². The number of ether oxygens (including phenoxy) is 1. The molecule has 4 amide bonds. The van der Waals surface area contributed by atoms with Gasteiger partial charge in [-0.2, -0.15) is 0 Å². The number of hydrogen-bond donors (Lipinski definition) is 5. The molecular weight excluding hydrogens is 480 g/mol. The van der Waals surface area contributed by atoms with Crippen LogP contribution in [-0.4, -0.2) is 66.2 Å². The maximum Gasteiger partial charge on any atom is 0.407 e. The van der Waals surface area contributed by atoms with Crippen LogP contribution < -0.4 is 21.3 Å². The zero-order valence-corrected chi connectivity index (χ0v) is 20.7. The van der Waals surface area contributed by atoms with Crippen molar-refractivity contribution >= 4 is 29.8 Å². The van der Waals surface area contributed by atoms with Crippen molar-refractivity contribution < 1.29 is 33.8 Å². The highest BCUT2D eigenvalue weighted by Crippen LogP contribution is 2.44. The molecule has 2 aromatic rings. The Kier molecular flexibility index (Phi) is 8.83. The fourth-order valence-corrected chi connectivity index (χ4v) is 3.96. The summed E-state index contributed by atoms with van der Waals surface area (Å²) < 4.78 is 5.37. The van der Waals surface area contributed by atoms with Crippen LogP contribution in [0.2, 0.25) is 0 Å². The fraction of sp³-hybridized carbons (Fsp3) is 0.346. The minimum absolute atomic E-state index is 0.0980. The summed E-state index contributed by atoms with van der Waals surface area (Å²) >= 11 is 0. The van der Waals surface area contributed by atoms with E-state index in [0.29, 0.717) is 0 Å². The lowest BCUT2D eigenvalue weighted by Gasteiger charge is -2.19. The number of rotatable bonds is 10. The lowest BCUT2D eigenvalue weighted by molar-refractivity contribution is -0.141. The van der Waals surface area contributed by atoms with Gasteiger partial charge in [-0.1, -0.05) is 48.5 Å². The van der Waals surface area contributed by atoms with Crippen molar-refractivity contribution in [1.82, 2.24) is 21.3 Å². The molecule has 0 saturated carbocycles. The third-order valence-corrected chi connectivity index (χ3v) is 5.99. The summed E-state index contributed by atoms with van der Waals surface area (Å²) in [4.78, 5) is 59.5. The first-order valence-electron chi connectivity index (χ1n) is 11.8. The number of aliphatic carboxylic acids is 1. The van der Waals surface area contributed by atoms with Crippen LogP contribution in [0.4, 0.5) is 4.79 Å². The zero-order valence-electron chi connectivity index (χ0n) is 20.7. The molecule has 0 spiro atoms. The standard InChI is InChI=1S/C26H30N4O7/c1-14(23(32)29-15(2)24(33)30-16(3)25(34)35)28-22(31)12-27-26(36)37-13-21-19-10-6-4-8-17(19)18-9-5-7-11-20(18)21/h4-11,14-16,21H,12-13H2,1-3H3,(H,27,36)(H,28,31)(H,29,32)(H,30,33)(H,34,35)/t14-,15-,16-/m1/s1. The van der Waals surface area contributed by atoms with Gasteiger partial charge in [0.15, 0.2) is 0 Å². The molecule has 3 atom stereocenters. The Hall–Kier alpha value is -4.41. The van der Waals surface area contributed by atoms with Crippen molar-refractivity contribution in [2.24, 2.45) is 0 Å². The van der Waals surface area contributed by atoms with E-state index in [2.05, 4.69) is 21.3 Å². The molecule has 5 N–H and O–H groups in total. The summed E-state index contributed by atoms with van der Waals surface area (Å²) in [6.45, 7) is 3.77. The molecular formula is C26H30N4O7. The normalized spacial score (nSPS) is 14.2. The van der Waals surface area contributed by atoms with E-state index >= 15 is 0 Å². The summed E-state index contributed by atoms with van der Waals surface area (Å²) in [5.74, 6) is -3.30. The molecule has 3 rings (SSSR count). The van der Waals surface area contributed by atoms with Gasteiger partial charge in [-0.3, -0.25) is 19.2 Å². The first kappa shape index (κ1) is 27.2. The van der Waals surface area contributed by atoms with E-state index in [1.165, 1.54) is 20.8 Å². The van der Waals surface area contributed by atoms with Crippen LogP contribution in [0.25, 0.3) is 11.1 Å². The van der Waals surface area contributed by atoms with Crippen molar-refractivity contribution in [3.05, 3.63) is 59.7 Å². The smallest absolute Gasteiger partial charge is 0.407 e. The molecule has 11 heteroatoms. The highest BCUT2D eigenvalue weighted by atomic mass is 16.5. The average Bonchev–Trinajstić information content (AvgIpc) is 3.19. The molecule has 2 aromatic carbocycles. The number of carbonyl (C=O) groups excluding carboxylic acids is 4. The van der Waals surface area contributed by atoms with Gasteiger partial charge in [-0.25, -0.2) is 4.79 Å². The highest BCUT2D eigenvalue weighted by Gasteiger charge is 2.29. The van der Waals surface area contributed by atoms with E-state index < -0.39 is 54.5 Å². The summed E-state index contributed by atoms with van der Waals surface area (Å²) in [5, 5.41) is 18.3. The molecule has 1 aliphatic rings. The first-order valence-corrected chi connectivity index (χ1v) is 11.8. The predicted molar refractivity (Wildman–Crippen MR) is 134 cm³/mol. The molecule has 0 aromatic heterocycles. The van der Waals surface area contributed by atoms with Gasteiger partial charge in [-0.15, -0.1) is 0 Å². The SMILES string of the molecule is C[C@@H](NC(=O)[C@@H](C)NC(=O)[C@@H](C)NC(=O)CNC(=O)OCC1c2ccccc2-c2ccccc21)C(=O)O. The van der Waals surface area contributed by atoms with E-state index in [4.69, 9.17) is 9.84 Å². The minimum atomic E-state index is -1.21. The molecule has 0 saturated heterocycles. The third-order valence-electron chi connectivity index (χ3n) is 5.99. The maximum absolute atomic E-state index is 12.3. The number of benzene rings is 2. The van der Waals surface area contributed by atoms with Crippen LogP contribution in [0, 0.1) is 0 Å². The Bertz CT molecular complexity index is 1150. The monoisotopic (exact) mass is 510 g/mol. The quantitative estimate of drug-likeness (QED) is 0.320. The van der Waals surface area contributed by atoms with Crippen molar-refractivity contribution in [2.45, 2.75) is 44.8 Å². The molecule has 0 aliphatic heterocycles. The van der Waals surface area contributed by atoms with Crippen LogP contribution in [0.3, 0.4) is 0 Å². The van der Waals surface area contributed by atoms with Crippen LogP contribution in [0.15, 0.2) is 48.5 Å². The zero-order chi connectivity index (χ0) is 27.1. The van der Waals surface area contributed by atoms with E-state index in [0.717, 1.165) is 22.3 Å². The van der Waals surface area contributed by atoms with Gasteiger partial charge < -0.3 is 31.1 Å². The number of fused-ring (bicyclic) bond motifs is 3. The second kappa shape index (κ2) is 12.0. The van der Waals surface area contributed by atoms with Crippen molar-refractivity contribution in [2.75, 3.05) is 13.2 Å². The maximum atomic E-state index is 12.3. The van der Waals surface area contributed by atoms with Crippen LogP contribution >= 0.6 is 0 Å². The Morgan fingerprint density at radius 3 is 1.81 bits per heavy atom. The van der Waals surface area contributed by atoms with E-state index in [1.807, 2.05) is 48.5 Å². The molecule has 0 radical (unpaired) electrons. The number of carboxylic acid groups (broad SMARTS) is 1. The number of carbonyl (C=O) groups is 5. The minimum Gasteiger partial charge on any atom is -0.480 e. The number of hydrogen-bond acceptors (Lipinski definition) is 6. The summed E-state index contributed by atoms with van der Waals surface area (Å²) in [6, 6.07) is 12.7. The highest BCUT2D eigenvalue weighted by molar-refractivity contribution is 5.93. The van der Waals surface area contributed by atoms with Crippen molar-refractivity contribution in [3.63, 3.8) is 0 Å². The molecule has 1 aliphatic carbocycles. The summed E-state index contributed by atoms with van der Waals surface area (Å²) in [6.07, 6.45) is -0.771. The molecule has 196 valence electrons. The topological polar surface area (TPSA) is 163 Å². The number of carboxylic acids is 1. The number of nitrogens with one attached hydrogen (secondary N) is 4. The lowest BCUT2D eigenvalue weighted by atomic mass is 9.98. The van der Waals surface area contributed by atoms with Gasteiger partial charge in [0, 0.05) is 5.92 Å². The van der Waals surface area contributed by atoms with Crippen molar-refractivity contribution in [3.8, 4) is 11.1 Å².